The fourth-order valence-corrected chi connectivity index (χ4v) is 3.87. The van der Waals surface area contributed by atoms with E-state index < -0.39 is 0 Å². The highest BCUT2D eigenvalue weighted by Crippen LogP contribution is 2.27. The Balaban J connectivity index is 2.00. The van der Waals surface area contributed by atoms with Crippen LogP contribution in [0.4, 0.5) is 0 Å². The summed E-state index contributed by atoms with van der Waals surface area (Å²) in [7, 11) is 0. The summed E-state index contributed by atoms with van der Waals surface area (Å²) in [5.74, 6) is 0.368. The highest BCUT2D eigenvalue weighted by molar-refractivity contribution is 5.97. The number of hydrogen-bond acceptors (Lipinski definition) is 2. The van der Waals surface area contributed by atoms with Crippen molar-refractivity contribution in [3.63, 3.8) is 0 Å². The van der Waals surface area contributed by atoms with Crippen molar-refractivity contribution in [3.8, 4) is 5.69 Å². The molecule has 0 aliphatic carbocycles. The van der Waals surface area contributed by atoms with Gasteiger partial charge in [0.15, 0.2) is 0 Å². The molecule has 1 aliphatic rings. The van der Waals surface area contributed by atoms with Gasteiger partial charge in [-0.25, -0.2) is 4.68 Å². The average Bonchev–Trinajstić information content (AvgIpc) is 3.08. The lowest BCUT2D eigenvalue weighted by Crippen LogP contribution is -3.14. The van der Waals surface area contributed by atoms with Gasteiger partial charge in [0, 0.05) is 0 Å². The number of carbonyl (C=O) groups excluding carboxylic acids is 1. The first-order valence-electron chi connectivity index (χ1n) is 10.3. The number of aromatic nitrogens is 2. The molecule has 5 nitrogen and oxygen atoms in total. The predicted octanol–water partition coefficient (Wildman–Crippen LogP) is 2.23. The van der Waals surface area contributed by atoms with Crippen LogP contribution in [-0.4, -0.2) is 53.3 Å². The molecule has 1 fully saturated rings. The van der Waals surface area contributed by atoms with Crippen LogP contribution in [-0.2, 0) is 6.42 Å². The average molecular weight is 370 g/mol. The fraction of sp³-hybridized carbons (Fsp3) is 0.545. The Kier molecular flexibility index (Phi) is 6.00. The first kappa shape index (κ1) is 19.6. The molecule has 0 saturated carbocycles. The van der Waals surface area contributed by atoms with Gasteiger partial charge in [0.1, 0.15) is 0 Å². The van der Waals surface area contributed by atoms with Crippen molar-refractivity contribution >= 4 is 5.91 Å². The van der Waals surface area contributed by atoms with Gasteiger partial charge in [-0.1, -0.05) is 38.5 Å². The molecule has 0 spiro atoms. The third-order valence-corrected chi connectivity index (χ3v) is 5.64. The summed E-state index contributed by atoms with van der Waals surface area (Å²) >= 11 is 0. The molecule has 0 bridgehead atoms. The molecule has 3 rings (SSSR count). The lowest BCUT2D eigenvalue weighted by molar-refractivity contribution is -0.902. The first-order chi connectivity index (χ1) is 13.0. The number of quaternary nitrogens is 1. The van der Waals surface area contributed by atoms with Crippen LogP contribution in [0, 0.1) is 6.92 Å². The number of aryl methyl sites for hydroxylation is 1. The summed E-state index contributed by atoms with van der Waals surface area (Å²) in [5.41, 5.74) is 5.02. The molecule has 1 aliphatic heterocycles. The molecule has 2 aromatic rings. The summed E-state index contributed by atoms with van der Waals surface area (Å²) in [5, 5.41) is 4.89. The van der Waals surface area contributed by atoms with E-state index in [1.807, 2.05) is 9.58 Å². The standard InChI is InChI=1S/C22H32N4O/c1-6-19-20(22(27)25-14-12-24(7-2)13-15-25)21(16(3)4)23-26(19)18-10-8-17(5)9-11-18/h8-11,16H,6-7,12-15H2,1-5H3/p+1. The third kappa shape index (κ3) is 3.93. The smallest absolute Gasteiger partial charge is 0.258 e. The lowest BCUT2D eigenvalue weighted by atomic mass is 10.0. The highest BCUT2D eigenvalue weighted by atomic mass is 16.2. The van der Waals surface area contributed by atoms with Crippen molar-refractivity contribution in [2.45, 2.75) is 47.0 Å². The van der Waals surface area contributed by atoms with E-state index in [0.717, 1.165) is 61.8 Å². The van der Waals surface area contributed by atoms with E-state index in [1.54, 1.807) is 4.90 Å². The van der Waals surface area contributed by atoms with Gasteiger partial charge >= 0.3 is 0 Å². The number of amides is 1. The van der Waals surface area contributed by atoms with Gasteiger partial charge in [0.25, 0.3) is 5.91 Å². The lowest BCUT2D eigenvalue weighted by Gasteiger charge is -2.32. The van der Waals surface area contributed by atoms with Crippen LogP contribution < -0.4 is 4.90 Å². The number of nitrogens with one attached hydrogen (secondary N) is 1. The maximum Gasteiger partial charge on any atom is 0.258 e. The molecule has 1 aromatic heterocycles. The zero-order chi connectivity index (χ0) is 19.6. The zero-order valence-corrected chi connectivity index (χ0v) is 17.4. The van der Waals surface area contributed by atoms with E-state index in [-0.39, 0.29) is 11.8 Å². The van der Waals surface area contributed by atoms with Crippen molar-refractivity contribution in [2.75, 3.05) is 32.7 Å². The topological polar surface area (TPSA) is 42.6 Å². The van der Waals surface area contributed by atoms with Gasteiger partial charge in [-0.3, -0.25) is 4.79 Å². The van der Waals surface area contributed by atoms with Crippen LogP contribution in [0.15, 0.2) is 24.3 Å². The molecule has 1 aromatic carbocycles. The van der Waals surface area contributed by atoms with Gasteiger partial charge in [0.05, 0.1) is 55.4 Å². The van der Waals surface area contributed by atoms with Crippen LogP contribution >= 0.6 is 0 Å². The predicted molar refractivity (Wildman–Crippen MR) is 109 cm³/mol. The number of rotatable bonds is 5. The van der Waals surface area contributed by atoms with Crippen molar-refractivity contribution in [2.24, 2.45) is 0 Å². The molecule has 27 heavy (non-hydrogen) atoms. The SMILES string of the molecule is CCc1c(C(=O)N2CC[NH+](CC)CC2)c(C(C)C)nn1-c1ccc(C)cc1. The Morgan fingerprint density at radius 1 is 1.15 bits per heavy atom. The van der Waals surface area contributed by atoms with E-state index in [2.05, 4.69) is 58.9 Å². The van der Waals surface area contributed by atoms with Crippen molar-refractivity contribution in [1.82, 2.24) is 14.7 Å². The molecule has 2 heterocycles. The molecule has 1 saturated heterocycles. The van der Waals surface area contributed by atoms with Crippen LogP contribution in [0.1, 0.15) is 60.9 Å². The van der Waals surface area contributed by atoms with Crippen molar-refractivity contribution < 1.29 is 9.69 Å². The molecule has 1 N–H and O–H groups in total. The van der Waals surface area contributed by atoms with E-state index in [1.165, 1.54) is 5.56 Å². The summed E-state index contributed by atoms with van der Waals surface area (Å²) in [6.45, 7) is 15.5. The number of piperazine rings is 1. The summed E-state index contributed by atoms with van der Waals surface area (Å²) < 4.78 is 1.98. The Hall–Kier alpha value is -2.14. The van der Waals surface area contributed by atoms with Crippen molar-refractivity contribution in [3.05, 3.63) is 46.8 Å². The molecule has 5 heteroatoms. The second-order valence-electron chi connectivity index (χ2n) is 7.86. The van der Waals surface area contributed by atoms with Crippen molar-refractivity contribution in [1.29, 1.82) is 0 Å². The molecule has 0 radical (unpaired) electrons. The maximum atomic E-state index is 13.5. The van der Waals surface area contributed by atoms with Crippen LogP contribution in [0.3, 0.4) is 0 Å². The molecule has 0 atom stereocenters. The minimum Gasteiger partial charge on any atom is -0.332 e. The summed E-state index contributed by atoms with van der Waals surface area (Å²) in [6, 6.07) is 8.37. The molecule has 0 unspecified atom stereocenters. The normalized spacial score (nSPS) is 15.6. The maximum absolute atomic E-state index is 13.5. The zero-order valence-electron chi connectivity index (χ0n) is 17.4. The second kappa shape index (κ2) is 8.26. The van der Waals surface area contributed by atoms with E-state index in [9.17, 15) is 4.79 Å². The number of nitrogens with zero attached hydrogens (tertiary/aromatic N) is 3. The van der Waals surface area contributed by atoms with Gasteiger partial charge in [-0.05, 0) is 38.3 Å². The fourth-order valence-electron chi connectivity index (χ4n) is 3.87. The second-order valence-corrected chi connectivity index (χ2v) is 7.86. The minimum absolute atomic E-state index is 0.157. The molecule has 146 valence electrons. The number of likely N-dealkylation sites (N-methyl/N-ethyl adjacent to an activating group) is 1. The quantitative estimate of drug-likeness (QED) is 0.878. The summed E-state index contributed by atoms with van der Waals surface area (Å²) in [4.78, 5) is 17.1. The first-order valence-corrected chi connectivity index (χ1v) is 10.3. The van der Waals surface area contributed by atoms with Gasteiger partial charge in [-0.15, -0.1) is 0 Å². The highest BCUT2D eigenvalue weighted by Gasteiger charge is 2.31. The monoisotopic (exact) mass is 369 g/mol. The minimum atomic E-state index is 0.157. The summed E-state index contributed by atoms with van der Waals surface area (Å²) in [6.07, 6.45) is 0.787. The van der Waals surface area contributed by atoms with Gasteiger partial charge in [0.2, 0.25) is 0 Å². The van der Waals surface area contributed by atoms with E-state index in [4.69, 9.17) is 5.10 Å². The number of carbonyl (C=O) groups is 1. The molecule has 1 amide bonds. The van der Waals surface area contributed by atoms with E-state index in [0.29, 0.717) is 0 Å². The molecular formula is C22H33N4O+. The van der Waals surface area contributed by atoms with Gasteiger partial charge in [-0.2, -0.15) is 5.10 Å². The van der Waals surface area contributed by atoms with Crippen LogP contribution in [0.2, 0.25) is 0 Å². The largest absolute Gasteiger partial charge is 0.332 e. The Morgan fingerprint density at radius 2 is 1.78 bits per heavy atom. The van der Waals surface area contributed by atoms with Crippen LogP contribution in [0.5, 0.6) is 0 Å². The number of benzene rings is 1. The Labute approximate surface area is 163 Å². The molecular weight excluding hydrogens is 336 g/mol. The third-order valence-electron chi connectivity index (χ3n) is 5.64. The van der Waals surface area contributed by atoms with Gasteiger partial charge < -0.3 is 9.80 Å². The van der Waals surface area contributed by atoms with Crippen LogP contribution in [0.25, 0.3) is 5.69 Å². The number of hydrogen-bond donors (Lipinski definition) is 1. The van der Waals surface area contributed by atoms with E-state index >= 15 is 0 Å². The Bertz CT molecular complexity index is 783. The Morgan fingerprint density at radius 3 is 2.30 bits per heavy atom.